The van der Waals surface area contributed by atoms with E-state index in [-0.39, 0.29) is 17.5 Å². The molecule has 0 radical (unpaired) electrons. The van der Waals surface area contributed by atoms with E-state index in [0.717, 1.165) is 32.5 Å². The number of thiophene rings is 1. The minimum atomic E-state index is -3.47. The molecule has 0 spiro atoms. The van der Waals surface area contributed by atoms with Gasteiger partial charge >= 0.3 is 0 Å². The van der Waals surface area contributed by atoms with Crippen molar-refractivity contribution in [3.8, 4) is 0 Å². The SMILES string of the molecule is CCN(CC)CCCC(C)NS(=O)(=O)c1csc(CO)c1. The quantitative estimate of drug-likeness (QED) is 0.687. The van der Waals surface area contributed by atoms with Crippen LogP contribution in [0.4, 0.5) is 0 Å². The molecule has 0 aliphatic carbocycles. The van der Waals surface area contributed by atoms with E-state index in [0.29, 0.717) is 4.88 Å². The lowest BCUT2D eigenvalue weighted by Crippen LogP contribution is -2.33. The standard InChI is InChI=1S/C14H26N2O3S2/c1-4-16(5-2)8-6-7-12(3)15-21(18,19)14-9-13(10-17)20-11-14/h9,11-12,15,17H,4-8,10H2,1-3H3. The number of aliphatic hydroxyl groups is 1. The Labute approximate surface area is 132 Å². The van der Waals surface area contributed by atoms with E-state index in [2.05, 4.69) is 23.5 Å². The zero-order valence-electron chi connectivity index (χ0n) is 13.0. The molecule has 0 saturated heterocycles. The lowest BCUT2D eigenvalue weighted by Gasteiger charge is -2.19. The summed E-state index contributed by atoms with van der Waals surface area (Å²) in [5.41, 5.74) is 0. The summed E-state index contributed by atoms with van der Waals surface area (Å²) in [6.07, 6.45) is 1.78. The van der Waals surface area contributed by atoms with Crippen LogP contribution in [-0.4, -0.2) is 44.1 Å². The molecule has 7 heteroatoms. The number of rotatable bonds is 10. The van der Waals surface area contributed by atoms with Gasteiger partial charge in [0.1, 0.15) is 0 Å². The third-order valence-corrected chi connectivity index (χ3v) is 6.10. The summed E-state index contributed by atoms with van der Waals surface area (Å²) < 4.78 is 27.1. The Morgan fingerprint density at radius 3 is 2.57 bits per heavy atom. The minimum Gasteiger partial charge on any atom is -0.391 e. The highest BCUT2D eigenvalue weighted by molar-refractivity contribution is 7.89. The summed E-state index contributed by atoms with van der Waals surface area (Å²) in [6, 6.07) is 1.43. The fourth-order valence-electron chi connectivity index (χ4n) is 2.14. The van der Waals surface area contributed by atoms with Crippen LogP contribution in [0.15, 0.2) is 16.3 Å². The number of aliphatic hydroxyl groups excluding tert-OH is 1. The van der Waals surface area contributed by atoms with Gasteiger partial charge in [0.05, 0.1) is 11.5 Å². The lowest BCUT2D eigenvalue weighted by atomic mass is 10.2. The van der Waals surface area contributed by atoms with Crippen molar-refractivity contribution >= 4 is 21.4 Å². The van der Waals surface area contributed by atoms with Crippen molar-refractivity contribution in [2.45, 2.75) is 51.2 Å². The zero-order chi connectivity index (χ0) is 15.9. The maximum absolute atomic E-state index is 12.2. The van der Waals surface area contributed by atoms with Gasteiger partial charge in [0.2, 0.25) is 10.0 Å². The summed E-state index contributed by atoms with van der Waals surface area (Å²) in [5.74, 6) is 0. The van der Waals surface area contributed by atoms with Gasteiger partial charge in [0, 0.05) is 16.3 Å². The van der Waals surface area contributed by atoms with Crippen LogP contribution in [-0.2, 0) is 16.6 Å². The van der Waals surface area contributed by atoms with Crippen LogP contribution < -0.4 is 4.72 Å². The minimum absolute atomic E-state index is 0.0944. The van der Waals surface area contributed by atoms with Crippen LogP contribution in [0.1, 0.15) is 38.5 Å². The third kappa shape index (κ3) is 6.04. The molecule has 5 nitrogen and oxygen atoms in total. The number of nitrogens with one attached hydrogen (secondary N) is 1. The second-order valence-corrected chi connectivity index (χ2v) is 7.81. The number of sulfonamides is 1. The predicted octanol–water partition coefficient (Wildman–Crippen LogP) is 2.03. The smallest absolute Gasteiger partial charge is 0.241 e. The van der Waals surface area contributed by atoms with Crippen LogP contribution in [0.2, 0.25) is 0 Å². The largest absolute Gasteiger partial charge is 0.391 e. The van der Waals surface area contributed by atoms with Gasteiger partial charge in [0.25, 0.3) is 0 Å². The van der Waals surface area contributed by atoms with Crippen LogP contribution in [0.3, 0.4) is 0 Å². The summed E-state index contributed by atoms with van der Waals surface area (Å²) in [4.78, 5) is 3.23. The van der Waals surface area contributed by atoms with Gasteiger partial charge in [-0.15, -0.1) is 11.3 Å². The zero-order valence-corrected chi connectivity index (χ0v) is 14.6. The van der Waals surface area contributed by atoms with Gasteiger partial charge in [-0.05, 0) is 45.5 Å². The first-order valence-electron chi connectivity index (χ1n) is 7.35. The molecule has 0 bridgehead atoms. The molecule has 1 heterocycles. The first kappa shape index (κ1) is 18.6. The van der Waals surface area contributed by atoms with Gasteiger partial charge in [0.15, 0.2) is 0 Å². The molecule has 1 atom stereocenters. The highest BCUT2D eigenvalue weighted by Gasteiger charge is 2.18. The summed E-state index contributed by atoms with van der Waals surface area (Å²) in [5, 5.41) is 10.6. The predicted molar refractivity (Wildman–Crippen MR) is 87.0 cm³/mol. The fourth-order valence-corrected chi connectivity index (χ4v) is 4.55. The summed E-state index contributed by atoms with van der Waals surface area (Å²) >= 11 is 1.26. The maximum atomic E-state index is 12.2. The van der Waals surface area contributed by atoms with Crippen molar-refractivity contribution in [3.05, 3.63) is 16.3 Å². The lowest BCUT2D eigenvalue weighted by molar-refractivity contribution is 0.285. The molecule has 1 aromatic heterocycles. The Kier molecular flexibility index (Phi) is 7.83. The highest BCUT2D eigenvalue weighted by Crippen LogP contribution is 2.19. The number of hydrogen-bond acceptors (Lipinski definition) is 5. The fraction of sp³-hybridized carbons (Fsp3) is 0.714. The van der Waals surface area contributed by atoms with Gasteiger partial charge in [-0.25, -0.2) is 13.1 Å². The molecule has 0 saturated carbocycles. The molecular formula is C14H26N2O3S2. The van der Waals surface area contributed by atoms with Crippen LogP contribution in [0, 0.1) is 0 Å². The molecule has 0 amide bonds. The van der Waals surface area contributed by atoms with Gasteiger partial charge in [-0.1, -0.05) is 13.8 Å². The molecule has 1 aromatic rings. The molecule has 0 aliphatic heterocycles. The van der Waals surface area contributed by atoms with Crippen molar-refractivity contribution in [2.75, 3.05) is 19.6 Å². The molecule has 122 valence electrons. The number of nitrogens with zero attached hydrogens (tertiary/aromatic N) is 1. The van der Waals surface area contributed by atoms with E-state index in [1.165, 1.54) is 17.4 Å². The highest BCUT2D eigenvalue weighted by atomic mass is 32.2. The van der Waals surface area contributed by atoms with Gasteiger partial charge < -0.3 is 10.0 Å². The van der Waals surface area contributed by atoms with E-state index in [9.17, 15) is 8.42 Å². The van der Waals surface area contributed by atoms with Crippen molar-refractivity contribution < 1.29 is 13.5 Å². The van der Waals surface area contributed by atoms with Gasteiger partial charge in [-0.3, -0.25) is 0 Å². The normalized spacial score (nSPS) is 13.8. The maximum Gasteiger partial charge on any atom is 0.241 e. The van der Waals surface area contributed by atoms with Crippen molar-refractivity contribution in [1.29, 1.82) is 0 Å². The molecule has 0 aliphatic rings. The van der Waals surface area contributed by atoms with E-state index in [1.54, 1.807) is 5.38 Å². The average molecular weight is 335 g/mol. The summed E-state index contributed by atoms with van der Waals surface area (Å²) in [7, 11) is -3.47. The topological polar surface area (TPSA) is 69.6 Å². The Hall–Kier alpha value is -0.470. The average Bonchev–Trinajstić information content (AvgIpc) is 2.93. The monoisotopic (exact) mass is 334 g/mol. The molecule has 0 fully saturated rings. The molecule has 1 rings (SSSR count). The van der Waals surface area contributed by atoms with E-state index >= 15 is 0 Å². The molecule has 2 N–H and O–H groups in total. The van der Waals surface area contributed by atoms with Crippen LogP contribution >= 0.6 is 11.3 Å². The molecule has 21 heavy (non-hydrogen) atoms. The van der Waals surface area contributed by atoms with Crippen LogP contribution in [0.5, 0.6) is 0 Å². The van der Waals surface area contributed by atoms with E-state index in [1.807, 2.05) is 6.92 Å². The Morgan fingerprint density at radius 2 is 2.05 bits per heavy atom. The van der Waals surface area contributed by atoms with Crippen molar-refractivity contribution in [2.24, 2.45) is 0 Å². The van der Waals surface area contributed by atoms with Crippen LogP contribution in [0.25, 0.3) is 0 Å². The van der Waals surface area contributed by atoms with Gasteiger partial charge in [-0.2, -0.15) is 0 Å². The molecule has 0 aromatic carbocycles. The van der Waals surface area contributed by atoms with Crippen molar-refractivity contribution in [1.82, 2.24) is 9.62 Å². The number of hydrogen-bond donors (Lipinski definition) is 2. The third-order valence-electron chi connectivity index (χ3n) is 3.46. The van der Waals surface area contributed by atoms with E-state index < -0.39 is 10.0 Å². The molecule has 1 unspecified atom stereocenters. The van der Waals surface area contributed by atoms with E-state index in [4.69, 9.17) is 5.11 Å². The second-order valence-electron chi connectivity index (χ2n) is 5.10. The Bertz CT molecular complexity index is 510. The second kappa shape index (κ2) is 8.85. The first-order chi connectivity index (χ1) is 9.92. The first-order valence-corrected chi connectivity index (χ1v) is 9.72. The van der Waals surface area contributed by atoms with Crippen molar-refractivity contribution in [3.63, 3.8) is 0 Å². The summed E-state index contributed by atoms with van der Waals surface area (Å²) in [6.45, 7) is 9.06. The molecular weight excluding hydrogens is 308 g/mol. The Balaban J connectivity index is 2.47. The Morgan fingerprint density at radius 1 is 1.38 bits per heavy atom.